The molecule has 3 amide bonds. The summed E-state index contributed by atoms with van der Waals surface area (Å²) in [7, 11) is 5.13. The van der Waals surface area contributed by atoms with E-state index in [1.54, 1.807) is 32.0 Å². The average molecular weight is 694 g/mol. The first-order chi connectivity index (χ1) is 24.8. The summed E-state index contributed by atoms with van der Waals surface area (Å²) >= 11 is 0. The topological polar surface area (TPSA) is 154 Å². The van der Waals surface area contributed by atoms with Crippen molar-refractivity contribution in [3.63, 3.8) is 0 Å². The highest BCUT2D eigenvalue weighted by atomic mass is 16.5. The average Bonchev–Trinajstić information content (AvgIpc) is 3.82. The number of anilines is 2. The molecule has 3 aromatic heterocycles. The maximum absolute atomic E-state index is 12.6. The summed E-state index contributed by atoms with van der Waals surface area (Å²) in [5, 5.41) is 18.5. The van der Waals surface area contributed by atoms with Crippen LogP contribution in [0.3, 0.4) is 0 Å². The van der Waals surface area contributed by atoms with Gasteiger partial charge < -0.3 is 18.9 Å². The maximum Gasteiger partial charge on any atom is 0.329 e. The molecule has 0 bridgehead atoms. The van der Waals surface area contributed by atoms with Crippen molar-refractivity contribution in [2.75, 3.05) is 56.7 Å². The SMILES string of the molecule is COc1cc(-c2cn(C)c(=O)c3[nH]ncc23)cc(OC)c1CN1CCC(C2CCN(c3ccc4c(N5CCC(=O)NC5=O)n[nH]c4c3)CC2)CC1. The lowest BCUT2D eigenvalue weighted by Gasteiger charge is -2.41. The Balaban J connectivity index is 0.889. The third-order valence-electron chi connectivity index (χ3n) is 11.1. The van der Waals surface area contributed by atoms with Crippen molar-refractivity contribution < 1.29 is 19.1 Å². The number of urea groups is 1. The number of methoxy groups -OCH3 is 2. The summed E-state index contributed by atoms with van der Waals surface area (Å²) in [5.41, 5.74) is 5.20. The molecule has 8 rings (SSSR count). The summed E-state index contributed by atoms with van der Waals surface area (Å²) in [4.78, 5) is 43.1. The number of aromatic amines is 2. The molecule has 3 aliphatic rings. The van der Waals surface area contributed by atoms with Crippen LogP contribution in [0.1, 0.15) is 37.7 Å². The van der Waals surface area contributed by atoms with Crippen molar-refractivity contribution in [2.24, 2.45) is 18.9 Å². The van der Waals surface area contributed by atoms with Crippen LogP contribution in [0, 0.1) is 11.8 Å². The minimum atomic E-state index is -0.430. The Morgan fingerprint density at radius 3 is 2.25 bits per heavy atom. The van der Waals surface area contributed by atoms with Crippen LogP contribution in [0.25, 0.3) is 32.9 Å². The maximum atomic E-state index is 12.6. The number of aromatic nitrogens is 5. The van der Waals surface area contributed by atoms with Gasteiger partial charge in [0.25, 0.3) is 5.56 Å². The number of amides is 3. The molecule has 3 saturated heterocycles. The highest BCUT2D eigenvalue weighted by molar-refractivity contribution is 6.09. The van der Waals surface area contributed by atoms with Crippen LogP contribution in [0.5, 0.6) is 11.5 Å². The molecular formula is C37H43N9O5. The zero-order chi connectivity index (χ0) is 35.2. The van der Waals surface area contributed by atoms with Gasteiger partial charge in [-0.25, -0.2) is 4.79 Å². The molecule has 266 valence electrons. The van der Waals surface area contributed by atoms with Crippen LogP contribution >= 0.6 is 0 Å². The molecule has 2 aromatic carbocycles. The molecular weight excluding hydrogens is 650 g/mol. The molecule has 0 atom stereocenters. The van der Waals surface area contributed by atoms with Gasteiger partial charge in [-0.1, -0.05) is 0 Å². The summed E-state index contributed by atoms with van der Waals surface area (Å²) < 4.78 is 13.4. The number of ether oxygens (including phenoxy) is 2. The Morgan fingerprint density at radius 1 is 0.863 bits per heavy atom. The number of carbonyl (C=O) groups excluding carboxylic acids is 2. The summed E-state index contributed by atoms with van der Waals surface area (Å²) in [6.07, 6.45) is 8.45. The number of pyridine rings is 1. The van der Waals surface area contributed by atoms with Crippen molar-refractivity contribution in [3.8, 4) is 22.6 Å². The molecule has 0 spiro atoms. The van der Waals surface area contributed by atoms with E-state index in [1.807, 2.05) is 24.4 Å². The number of fused-ring (bicyclic) bond motifs is 2. The van der Waals surface area contributed by atoms with Gasteiger partial charge in [0.2, 0.25) is 5.91 Å². The van der Waals surface area contributed by atoms with Crippen molar-refractivity contribution in [3.05, 3.63) is 58.6 Å². The van der Waals surface area contributed by atoms with E-state index in [0.29, 0.717) is 29.7 Å². The first kappa shape index (κ1) is 32.8. The second-order valence-corrected chi connectivity index (χ2v) is 13.9. The highest BCUT2D eigenvalue weighted by Gasteiger charge is 2.31. The van der Waals surface area contributed by atoms with E-state index in [9.17, 15) is 14.4 Å². The summed E-state index contributed by atoms with van der Waals surface area (Å²) in [6.45, 7) is 5.13. The minimum absolute atomic E-state index is 0.120. The van der Waals surface area contributed by atoms with Gasteiger partial charge in [0.05, 0.1) is 31.5 Å². The molecule has 3 N–H and O–H groups in total. The van der Waals surface area contributed by atoms with E-state index in [-0.39, 0.29) is 17.9 Å². The second-order valence-electron chi connectivity index (χ2n) is 13.9. The van der Waals surface area contributed by atoms with Gasteiger partial charge >= 0.3 is 6.03 Å². The minimum Gasteiger partial charge on any atom is -0.496 e. The van der Waals surface area contributed by atoms with E-state index in [4.69, 9.17) is 9.47 Å². The molecule has 0 saturated carbocycles. The van der Waals surface area contributed by atoms with Gasteiger partial charge in [-0.2, -0.15) is 10.2 Å². The number of hydrogen-bond donors (Lipinski definition) is 3. The standard InChI is InChI=1S/C37H43N9O5/c1-43-20-28(27-19-38-41-34(27)36(43)48)24-16-31(50-2)29(32(17-24)51-3)21-44-11-6-22(7-12-44)23-8-13-45(14-9-23)25-4-5-26-30(18-25)40-42-35(26)46-15-10-33(47)39-37(46)49/h4-5,16-20,22-23H,6-15,21H2,1-3H3,(H,38,41)(H,40,42)(H,39,47,49). The fourth-order valence-corrected chi connectivity index (χ4v) is 8.27. The van der Waals surface area contributed by atoms with Gasteiger partial charge in [0, 0.05) is 67.9 Å². The number of benzene rings is 2. The molecule has 5 aromatic rings. The Bertz CT molecular complexity index is 2150. The van der Waals surface area contributed by atoms with E-state index in [2.05, 4.69) is 47.6 Å². The smallest absolute Gasteiger partial charge is 0.329 e. The van der Waals surface area contributed by atoms with Gasteiger partial charge in [0.1, 0.15) is 17.0 Å². The lowest BCUT2D eigenvalue weighted by atomic mass is 9.78. The van der Waals surface area contributed by atoms with E-state index >= 15 is 0 Å². The Hall–Kier alpha value is -5.37. The monoisotopic (exact) mass is 693 g/mol. The van der Waals surface area contributed by atoms with Gasteiger partial charge in [0.15, 0.2) is 5.82 Å². The van der Waals surface area contributed by atoms with Gasteiger partial charge in [-0.05, 0) is 86.5 Å². The number of nitrogens with one attached hydrogen (secondary N) is 3. The number of H-pyrrole nitrogens is 2. The van der Waals surface area contributed by atoms with E-state index < -0.39 is 6.03 Å². The molecule has 14 nitrogen and oxygen atoms in total. The third kappa shape index (κ3) is 6.07. The number of likely N-dealkylation sites (tertiary alicyclic amines) is 1. The zero-order valence-electron chi connectivity index (χ0n) is 29.2. The number of imide groups is 1. The van der Waals surface area contributed by atoms with Gasteiger partial charge in [-0.15, -0.1) is 0 Å². The van der Waals surface area contributed by atoms with Crippen molar-refractivity contribution in [1.82, 2.24) is 35.2 Å². The highest BCUT2D eigenvalue weighted by Crippen LogP contribution is 2.40. The Morgan fingerprint density at radius 2 is 1.57 bits per heavy atom. The van der Waals surface area contributed by atoms with Crippen LogP contribution in [-0.2, 0) is 18.4 Å². The van der Waals surface area contributed by atoms with Crippen LogP contribution < -0.4 is 30.1 Å². The first-order valence-corrected chi connectivity index (χ1v) is 17.7. The van der Waals surface area contributed by atoms with Crippen LogP contribution in [-0.4, -0.2) is 88.7 Å². The molecule has 14 heteroatoms. The third-order valence-corrected chi connectivity index (χ3v) is 11.1. The summed E-state index contributed by atoms with van der Waals surface area (Å²) in [5.74, 6) is 3.24. The zero-order valence-corrected chi connectivity index (χ0v) is 29.2. The molecule has 0 unspecified atom stereocenters. The molecule has 0 radical (unpaired) electrons. The molecule has 6 heterocycles. The molecule has 51 heavy (non-hydrogen) atoms. The number of rotatable bonds is 8. The Labute approximate surface area is 294 Å². The number of carbonyl (C=O) groups is 2. The van der Waals surface area contributed by atoms with Crippen molar-refractivity contribution in [2.45, 2.75) is 38.6 Å². The second kappa shape index (κ2) is 13.4. The first-order valence-electron chi connectivity index (χ1n) is 17.7. The number of piperidine rings is 2. The van der Waals surface area contributed by atoms with Crippen LogP contribution in [0.15, 0.2) is 47.5 Å². The van der Waals surface area contributed by atoms with Crippen molar-refractivity contribution in [1.29, 1.82) is 0 Å². The van der Waals surface area contributed by atoms with Gasteiger partial charge in [-0.3, -0.25) is 34.9 Å². The fraction of sp³-hybridized carbons (Fsp3) is 0.432. The molecule has 3 fully saturated rings. The van der Waals surface area contributed by atoms with Crippen LogP contribution in [0.4, 0.5) is 16.3 Å². The quantitative estimate of drug-likeness (QED) is 0.215. The summed E-state index contributed by atoms with van der Waals surface area (Å²) in [6, 6.07) is 9.89. The predicted octanol–water partition coefficient (Wildman–Crippen LogP) is 4.40. The normalized spacial score (nSPS) is 18.2. The molecule has 3 aliphatic heterocycles. The van der Waals surface area contributed by atoms with E-state index in [1.165, 1.54) is 17.7 Å². The van der Waals surface area contributed by atoms with Crippen molar-refractivity contribution >= 4 is 45.2 Å². The van der Waals surface area contributed by atoms with E-state index in [0.717, 1.165) is 95.7 Å². The Kier molecular flexibility index (Phi) is 8.62. The van der Waals surface area contributed by atoms with Crippen LogP contribution in [0.2, 0.25) is 0 Å². The lowest BCUT2D eigenvalue weighted by molar-refractivity contribution is -0.120. The lowest BCUT2D eigenvalue weighted by Crippen LogP contribution is -2.49. The fourth-order valence-electron chi connectivity index (χ4n) is 8.27. The number of aryl methyl sites for hydroxylation is 1. The predicted molar refractivity (Wildman–Crippen MR) is 194 cm³/mol. The number of nitrogens with zero attached hydrogens (tertiary/aromatic N) is 6. The largest absolute Gasteiger partial charge is 0.496 e. The number of hydrogen-bond acceptors (Lipinski definition) is 9. The molecule has 0 aliphatic carbocycles.